The number of hydrogen-bond donors (Lipinski definition) is 0. The second kappa shape index (κ2) is 17.1. The second-order valence-electron chi connectivity index (χ2n) is 10.3. The quantitative estimate of drug-likeness (QED) is 0.124. The molecule has 0 bridgehead atoms. The van der Waals surface area contributed by atoms with Gasteiger partial charge in [-0.15, -0.1) is 0 Å². The van der Waals surface area contributed by atoms with Gasteiger partial charge in [-0.25, -0.2) is 0 Å². The van der Waals surface area contributed by atoms with Crippen LogP contribution in [0.4, 0.5) is 0 Å². The van der Waals surface area contributed by atoms with Crippen molar-refractivity contribution in [1.82, 2.24) is 0 Å². The standard InChI is InChI=1S/C26H52O2Si/c1-7-8-9-10-11-12-13-14-15-16-17-18-19-20-21-22-23-24-25(27)28-29(5,6)26(2,3)4/h14-15H,7-13,16-24H2,1-6H3/b15-14-. The molecule has 0 aromatic heterocycles. The number of rotatable bonds is 18. The van der Waals surface area contributed by atoms with Crippen molar-refractivity contribution in [2.75, 3.05) is 0 Å². The van der Waals surface area contributed by atoms with Gasteiger partial charge in [0.2, 0.25) is 0 Å². The largest absolute Gasteiger partial charge is 0.519 e. The number of carbonyl (C=O) groups is 1. The van der Waals surface area contributed by atoms with Crippen LogP contribution in [0.3, 0.4) is 0 Å². The fourth-order valence-corrected chi connectivity index (χ4v) is 4.16. The molecule has 0 rings (SSSR count). The minimum absolute atomic E-state index is 0.0179. The van der Waals surface area contributed by atoms with Gasteiger partial charge in [-0.2, -0.15) is 0 Å². The van der Waals surface area contributed by atoms with E-state index in [-0.39, 0.29) is 11.0 Å². The van der Waals surface area contributed by atoms with Crippen molar-refractivity contribution >= 4 is 14.3 Å². The van der Waals surface area contributed by atoms with Gasteiger partial charge in [0.05, 0.1) is 0 Å². The SMILES string of the molecule is CCCCCCCC/C=C\CCCCCCCCCC(=O)O[Si](C)(C)C(C)(C)C. The molecular formula is C26H52O2Si. The summed E-state index contributed by atoms with van der Waals surface area (Å²) in [5.74, 6) is 0.0179. The molecule has 0 amide bonds. The van der Waals surface area contributed by atoms with Gasteiger partial charge in [-0.05, 0) is 50.2 Å². The van der Waals surface area contributed by atoms with Crippen LogP contribution in [-0.4, -0.2) is 14.3 Å². The molecule has 0 unspecified atom stereocenters. The van der Waals surface area contributed by atoms with E-state index in [0.717, 1.165) is 12.8 Å². The van der Waals surface area contributed by atoms with Crippen LogP contribution in [0.1, 0.15) is 130 Å². The summed E-state index contributed by atoms with van der Waals surface area (Å²) < 4.78 is 5.82. The van der Waals surface area contributed by atoms with Crippen LogP contribution in [0, 0.1) is 0 Å². The summed E-state index contributed by atoms with van der Waals surface area (Å²) in [6.45, 7) is 13.1. The summed E-state index contributed by atoms with van der Waals surface area (Å²) >= 11 is 0. The molecule has 0 heterocycles. The van der Waals surface area contributed by atoms with Crippen molar-refractivity contribution in [1.29, 1.82) is 0 Å². The lowest BCUT2D eigenvalue weighted by molar-refractivity contribution is -0.135. The van der Waals surface area contributed by atoms with E-state index in [4.69, 9.17) is 4.43 Å². The van der Waals surface area contributed by atoms with Crippen molar-refractivity contribution in [3.05, 3.63) is 12.2 Å². The first-order valence-corrected chi connectivity index (χ1v) is 15.5. The Balaban J connectivity index is 3.41. The molecule has 0 N–H and O–H groups in total. The molecule has 0 aromatic carbocycles. The number of allylic oxidation sites excluding steroid dienone is 2. The second-order valence-corrected chi connectivity index (χ2v) is 15.0. The summed E-state index contributed by atoms with van der Waals surface area (Å²) in [7, 11) is -1.94. The average molecular weight is 425 g/mol. The van der Waals surface area contributed by atoms with Crippen LogP contribution in [0.5, 0.6) is 0 Å². The maximum Gasteiger partial charge on any atom is 0.292 e. The van der Waals surface area contributed by atoms with Crippen molar-refractivity contribution in [3.8, 4) is 0 Å². The molecule has 29 heavy (non-hydrogen) atoms. The number of hydrogen-bond acceptors (Lipinski definition) is 2. The van der Waals surface area contributed by atoms with Gasteiger partial charge < -0.3 is 4.43 Å². The van der Waals surface area contributed by atoms with Crippen LogP contribution < -0.4 is 0 Å². The zero-order valence-electron chi connectivity index (χ0n) is 20.8. The third kappa shape index (κ3) is 16.9. The molecule has 0 saturated heterocycles. The van der Waals surface area contributed by atoms with Gasteiger partial charge in [-0.3, -0.25) is 4.79 Å². The highest BCUT2D eigenvalue weighted by Gasteiger charge is 2.40. The van der Waals surface area contributed by atoms with Crippen molar-refractivity contribution in [2.24, 2.45) is 0 Å². The molecule has 2 nitrogen and oxygen atoms in total. The van der Waals surface area contributed by atoms with Crippen molar-refractivity contribution in [2.45, 2.75) is 149 Å². The van der Waals surface area contributed by atoms with Gasteiger partial charge >= 0.3 is 0 Å². The molecule has 0 aliphatic rings. The summed E-state index contributed by atoms with van der Waals surface area (Å²) in [5.41, 5.74) is 0. The zero-order chi connectivity index (χ0) is 22.0. The topological polar surface area (TPSA) is 26.3 Å². The van der Waals surface area contributed by atoms with E-state index in [0.29, 0.717) is 6.42 Å². The van der Waals surface area contributed by atoms with Crippen LogP contribution in [0.15, 0.2) is 12.2 Å². The summed E-state index contributed by atoms with van der Waals surface area (Å²) in [6.07, 6.45) is 24.9. The Kier molecular flexibility index (Phi) is 16.8. The van der Waals surface area contributed by atoms with Crippen LogP contribution in [-0.2, 0) is 9.22 Å². The summed E-state index contributed by atoms with van der Waals surface area (Å²) in [5, 5.41) is 0.103. The third-order valence-electron chi connectivity index (χ3n) is 6.32. The Morgan fingerprint density at radius 1 is 0.724 bits per heavy atom. The molecule has 0 aliphatic carbocycles. The first-order valence-electron chi connectivity index (χ1n) is 12.6. The van der Waals surface area contributed by atoms with E-state index < -0.39 is 8.32 Å². The van der Waals surface area contributed by atoms with Gasteiger partial charge in [0.25, 0.3) is 14.3 Å². The number of carbonyl (C=O) groups excluding carboxylic acids is 1. The normalized spacial score (nSPS) is 12.6. The smallest absolute Gasteiger partial charge is 0.292 e. The summed E-state index contributed by atoms with van der Waals surface area (Å²) in [6, 6.07) is 0. The molecule has 0 radical (unpaired) electrons. The first kappa shape index (κ1) is 28.4. The highest BCUT2D eigenvalue weighted by molar-refractivity contribution is 6.75. The van der Waals surface area contributed by atoms with Gasteiger partial charge in [0, 0.05) is 6.42 Å². The fourth-order valence-electron chi connectivity index (χ4n) is 3.18. The molecule has 0 aliphatic heterocycles. The highest BCUT2D eigenvalue weighted by Crippen LogP contribution is 2.36. The predicted octanol–water partition coefficient (Wildman–Crippen LogP) is 9.35. The lowest BCUT2D eigenvalue weighted by Crippen LogP contribution is -2.42. The van der Waals surface area contributed by atoms with Crippen LogP contribution in [0.2, 0.25) is 18.1 Å². The lowest BCUT2D eigenvalue weighted by atomic mass is 10.1. The minimum atomic E-state index is -1.94. The molecule has 0 atom stereocenters. The lowest BCUT2D eigenvalue weighted by Gasteiger charge is -2.35. The van der Waals surface area contributed by atoms with E-state index in [9.17, 15) is 4.79 Å². The monoisotopic (exact) mass is 424 g/mol. The van der Waals surface area contributed by atoms with Crippen LogP contribution >= 0.6 is 0 Å². The number of unbranched alkanes of at least 4 members (excludes halogenated alkanes) is 13. The Morgan fingerprint density at radius 2 is 1.14 bits per heavy atom. The average Bonchev–Trinajstić information content (AvgIpc) is 2.63. The molecule has 0 aromatic rings. The van der Waals surface area contributed by atoms with Gasteiger partial charge in [0.1, 0.15) is 0 Å². The fraction of sp³-hybridized carbons (Fsp3) is 0.885. The Hall–Kier alpha value is -0.573. The van der Waals surface area contributed by atoms with Gasteiger partial charge in [-0.1, -0.05) is 104 Å². The van der Waals surface area contributed by atoms with Crippen molar-refractivity contribution in [3.63, 3.8) is 0 Å². The summed E-state index contributed by atoms with van der Waals surface area (Å²) in [4.78, 5) is 12.1. The third-order valence-corrected chi connectivity index (χ3v) is 10.7. The van der Waals surface area contributed by atoms with Gasteiger partial charge in [0.15, 0.2) is 0 Å². The Bertz CT molecular complexity index is 421. The predicted molar refractivity (Wildman–Crippen MR) is 132 cm³/mol. The van der Waals surface area contributed by atoms with E-state index in [1.165, 1.54) is 83.5 Å². The highest BCUT2D eigenvalue weighted by atomic mass is 28.4. The van der Waals surface area contributed by atoms with E-state index >= 15 is 0 Å². The van der Waals surface area contributed by atoms with E-state index in [1.54, 1.807) is 0 Å². The van der Waals surface area contributed by atoms with Crippen LogP contribution in [0.25, 0.3) is 0 Å². The maximum atomic E-state index is 12.1. The Morgan fingerprint density at radius 3 is 1.59 bits per heavy atom. The molecule has 0 spiro atoms. The minimum Gasteiger partial charge on any atom is -0.519 e. The molecule has 0 fully saturated rings. The molecule has 172 valence electrons. The molecule has 3 heteroatoms. The molecule has 0 saturated carbocycles. The maximum absolute atomic E-state index is 12.1. The zero-order valence-corrected chi connectivity index (χ0v) is 21.8. The Labute approximate surface area is 184 Å². The first-order chi connectivity index (χ1) is 13.7. The van der Waals surface area contributed by atoms with E-state index in [1.807, 2.05) is 0 Å². The molecular weight excluding hydrogens is 372 g/mol. The van der Waals surface area contributed by atoms with E-state index in [2.05, 4.69) is 52.9 Å². The van der Waals surface area contributed by atoms with Crippen molar-refractivity contribution < 1.29 is 9.22 Å².